The van der Waals surface area contributed by atoms with Crippen molar-refractivity contribution in [3.8, 4) is 0 Å². The first-order chi connectivity index (χ1) is 8.97. The van der Waals surface area contributed by atoms with Gasteiger partial charge in [-0.15, -0.1) is 0 Å². The second-order valence-electron chi connectivity index (χ2n) is 5.64. The highest BCUT2D eigenvalue weighted by Gasteiger charge is 2.27. The predicted octanol–water partition coefficient (Wildman–Crippen LogP) is 0.688. The maximum absolute atomic E-state index is 12.2. The molecule has 0 aliphatic carbocycles. The summed E-state index contributed by atoms with van der Waals surface area (Å²) in [5.74, 6) is 0.454. The lowest BCUT2D eigenvalue weighted by Gasteiger charge is -2.36. The van der Waals surface area contributed by atoms with E-state index in [0.29, 0.717) is 32.7 Å². The van der Waals surface area contributed by atoms with E-state index in [9.17, 15) is 9.59 Å². The maximum atomic E-state index is 12.2. The molecule has 0 aromatic heterocycles. The summed E-state index contributed by atoms with van der Waals surface area (Å²) in [6.07, 6.45) is 1.74. The first-order valence-corrected chi connectivity index (χ1v) is 7.25. The first-order valence-electron chi connectivity index (χ1n) is 7.25. The lowest BCUT2D eigenvalue weighted by Crippen LogP contribution is -2.52. The topological polar surface area (TPSA) is 66.6 Å². The van der Waals surface area contributed by atoms with Crippen LogP contribution in [0.4, 0.5) is 0 Å². The zero-order valence-electron chi connectivity index (χ0n) is 12.4. The Kier molecular flexibility index (Phi) is 6.28. The molecule has 5 nitrogen and oxygen atoms in total. The molecule has 19 heavy (non-hydrogen) atoms. The Morgan fingerprint density at radius 1 is 1.00 bits per heavy atom. The summed E-state index contributed by atoms with van der Waals surface area (Å²) in [7, 11) is 0. The van der Waals surface area contributed by atoms with Crippen LogP contribution in [0.25, 0.3) is 0 Å². The number of nitrogens with two attached hydrogens (primary N) is 1. The van der Waals surface area contributed by atoms with Gasteiger partial charge in [0.2, 0.25) is 11.8 Å². The fraction of sp³-hybridized carbons (Fsp3) is 0.857. The molecule has 0 aromatic carbocycles. The third kappa shape index (κ3) is 4.49. The average molecular weight is 269 g/mol. The van der Waals surface area contributed by atoms with Gasteiger partial charge in [0.15, 0.2) is 0 Å². The molecule has 1 saturated heterocycles. The molecule has 1 unspecified atom stereocenters. The number of nitrogens with zero attached hydrogens (tertiary/aromatic N) is 2. The van der Waals surface area contributed by atoms with Crippen molar-refractivity contribution in [2.75, 3.05) is 32.7 Å². The number of hydrogen-bond acceptors (Lipinski definition) is 3. The number of carbonyl (C=O) groups excluding carboxylic acids is 2. The number of rotatable bonds is 5. The molecule has 110 valence electrons. The van der Waals surface area contributed by atoms with Crippen LogP contribution in [-0.2, 0) is 9.59 Å². The molecular weight excluding hydrogens is 242 g/mol. The van der Waals surface area contributed by atoms with E-state index in [1.807, 2.05) is 30.6 Å². The fourth-order valence-corrected chi connectivity index (χ4v) is 2.37. The molecule has 0 radical (unpaired) electrons. The van der Waals surface area contributed by atoms with Crippen molar-refractivity contribution >= 4 is 11.8 Å². The Labute approximate surface area is 116 Å². The molecule has 0 spiro atoms. The highest BCUT2D eigenvalue weighted by Crippen LogP contribution is 2.13. The molecule has 1 rings (SSSR count). The number of amides is 2. The third-order valence-electron chi connectivity index (χ3n) is 3.66. The van der Waals surface area contributed by atoms with Crippen molar-refractivity contribution in [1.29, 1.82) is 0 Å². The van der Waals surface area contributed by atoms with Crippen molar-refractivity contribution in [3.63, 3.8) is 0 Å². The van der Waals surface area contributed by atoms with Gasteiger partial charge in [0.05, 0.1) is 0 Å². The summed E-state index contributed by atoms with van der Waals surface area (Å²) in [4.78, 5) is 27.8. The maximum Gasteiger partial charge on any atom is 0.225 e. The number of hydrogen-bond donors (Lipinski definition) is 1. The molecule has 1 aliphatic rings. The molecule has 0 saturated carbocycles. The summed E-state index contributed by atoms with van der Waals surface area (Å²) in [6, 6.07) is 0. The van der Waals surface area contributed by atoms with E-state index in [4.69, 9.17) is 5.73 Å². The fourth-order valence-electron chi connectivity index (χ4n) is 2.37. The molecule has 0 aromatic rings. The Hall–Kier alpha value is -1.10. The summed E-state index contributed by atoms with van der Waals surface area (Å²) >= 11 is 0. The molecule has 1 fully saturated rings. The quantitative estimate of drug-likeness (QED) is 0.798. The van der Waals surface area contributed by atoms with E-state index in [1.54, 1.807) is 0 Å². The molecule has 1 aliphatic heterocycles. The zero-order valence-corrected chi connectivity index (χ0v) is 12.4. The van der Waals surface area contributed by atoms with E-state index < -0.39 is 0 Å². The van der Waals surface area contributed by atoms with Crippen LogP contribution in [0.15, 0.2) is 0 Å². The van der Waals surface area contributed by atoms with Gasteiger partial charge in [-0.3, -0.25) is 9.59 Å². The lowest BCUT2D eigenvalue weighted by atomic mass is 10.0. The van der Waals surface area contributed by atoms with Crippen molar-refractivity contribution in [3.05, 3.63) is 0 Å². The van der Waals surface area contributed by atoms with Crippen LogP contribution in [0.2, 0.25) is 0 Å². The van der Waals surface area contributed by atoms with Crippen LogP contribution in [0.3, 0.4) is 0 Å². The van der Waals surface area contributed by atoms with Gasteiger partial charge < -0.3 is 15.5 Å². The van der Waals surface area contributed by atoms with Gasteiger partial charge in [0.1, 0.15) is 0 Å². The van der Waals surface area contributed by atoms with E-state index in [-0.39, 0.29) is 23.7 Å². The minimum atomic E-state index is 0.0331. The van der Waals surface area contributed by atoms with Gasteiger partial charge >= 0.3 is 0 Å². The van der Waals surface area contributed by atoms with E-state index in [2.05, 4.69) is 0 Å². The van der Waals surface area contributed by atoms with Gasteiger partial charge in [-0.1, -0.05) is 20.8 Å². The van der Waals surface area contributed by atoms with Crippen LogP contribution < -0.4 is 5.73 Å². The van der Waals surface area contributed by atoms with Crippen LogP contribution >= 0.6 is 0 Å². The molecule has 1 atom stereocenters. The van der Waals surface area contributed by atoms with E-state index in [0.717, 1.165) is 12.8 Å². The largest absolute Gasteiger partial charge is 0.339 e. The van der Waals surface area contributed by atoms with Gasteiger partial charge in [-0.25, -0.2) is 0 Å². The Morgan fingerprint density at radius 3 is 1.89 bits per heavy atom. The monoisotopic (exact) mass is 269 g/mol. The number of piperazine rings is 1. The summed E-state index contributed by atoms with van der Waals surface area (Å²) < 4.78 is 0. The summed E-state index contributed by atoms with van der Waals surface area (Å²) in [5, 5.41) is 0. The number of carbonyl (C=O) groups is 2. The van der Waals surface area contributed by atoms with Crippen LogP contribution in [-0.4, -0.2) is 54.3 Å². The van der Waals surface area contributed by atoms with Gasteiger partial charge in [0, 0.05) is 38.0 Å². The lowest BCUT2D eigenvalue weighted by molar-refractivity contribution is -0.143. The highest BCUT2D eigenvalue weighted by atomic mass is 16.2. The van der Waals surface area contributed by atoms with Gasteiger partial charge in [-0.05, 0) is 19.4 Å². The summed E-state index contributed by atoms with van der Waals surface area (Å²) in [5.41, 5.74) is 5.47. The van der Waals surface area contributed by atoms with Gasteiger partial charge in [0.25, 0.3) is 0 Å². The van der Waals surface area contributed by atoms with Crippen LogP contribution in [0, 0.1) is 11.8 Å². The Morgan fingerprint density at radius 2 is 1.47 bits per heavy atom. The van der Waals surface area contributed by atoms with Gasteiger partial charge in [-0.2, -0.15) is 0 Å². The van der Waals surface area contributed by atoms with Crippen molar-refractivity contribution in [2.24, 2.45) is 17.6 Å². The van der Waals surface area contributed by atoms with Crippen LogP contribution in [0.5, 0.6) is 0 Å². The molecule has 0 bridgehead atoms. The standard InChI is InChI=1S/C14H27N3O2/c1-11(2)13(18)16-7-9-17(10-8-16)14(19)12(3)5-4-6-15/h11-12H,4-10,15H2,1-3H3. The zero-order chi connectivity index (χ0) is 14.4. The Balaban J connectivity index is 2.41. The minimum absolute atomic E-state index is 0.0331. The average Bonchev–Trinajstić information content (AvgIpc) is 2.43. The molecular formula is C14H27N3O2. The van der Waals surface area contributed by atoms with Crippen LogP contribution in [0.1, 0.15) is 33.6 Å². The first kappa shape index (κ1) is 16.0. The van der Waals surface area contributed by atoms with Crippen molar-refractivity contribution in [2.45, 2.75) is 33.6 Å². The predicted molar refractivity (Wildman–Crippen MR) is 75.5 cm³/mol. The highest BCUT2D eigenvalue weighted by molar-refractivity contribution is 5.80. The molecule has 2 amide bonds. The molecule has 1 heterocycles. The summed E-state index contributed by atoms with van der Waals surface area (Å²) in [6.45, 7) is 9.05. The minimum Gasteiger partial charge on any atom is -0.339 e. The second-order valence-corrected chi connectivity index (χ2v) is 5.64. The SMILES string of the molecule is CC(C)C(=O)N1CCN(C(=O)C(C)CCCN)CC1. The third-order valence-corrected chi connectivity index (χ3v) is 3.66. The van der Waals surface area contributed by atoms with Crippen molar-refractivity contribution < 1.29 is 9.59 Å². The van der Waals surface area contributed by atoms with E-state index >= 15 is 0 Å². The second kappa shape index (κ2) is 7.48. The molecule has 2 N–H and O–H groups in total. The normalized spacial score (nSPS) is 17.7. The van der Waals surface area contributed by atoms with Crippen molar-refractivity contribution in [1.82, 2.24) is 9.80 Å². The smallest absolute Gasteiger partial charge is 0.225 e. The molecule has 5 heteroatoms. The van der Waals surface area contributed by atoms with E-state index in [1.165, 1.54) is 0 Å². The Bertz CT molecular complexity index is 310.